The van der Waals surface area contributed by atoms with Crippen molar-refractivity contribution in [1.82, 2.24) is 9.78 Å². The van der Waals surface area contributed by atoms with E-state index in [1.807, 2.05) is 6.92 Å². The van der Waals surface area contributed by atoms with E-state index in [0.717, 1.165) is 12.1 Å². The second kappa shape index (κ2) is 3.05. The largest absolute Gasteiger partial charge is 0.275 e. The van der Waals surface area contributed by atoms with Crippen LogP contribution in [0, 0.1) is 0 Å². The Labute approximate surface area is 70.0 Å². The molecule has 4 heteroatoms. The van der Waals surface area contributed by atoms with Crippen molar-refractivity contribution < 1.29 is 4.79 Å². The van der Waals surface area contributed by atoms with Gasteiger partial charge in [-0.15, -0.1) is 0 Å². The lowest BCUT2D eigenvalue weighted by molar-refractivity contribution is 0.108. The van der Waals surface area contributed by atoms with Gasteiger partial charge in [-0.3, -0.25) is 9.48 Å². The van der Waals surface area contributed by atoms with E-state index in [4.69, 9.17) is 11.6 Å². The summed E-state index contributed by atoms with van der Waals surface area (Å²) in [6.45, 7) is 1.96. The molecule has 0 radical (unpaired) electrons. The number of aryl methyl sites for hydroxylation is 1. The minimum absolute atomic E-state index is 0.435. The summed E-state index contributed by atoms with van der Waals surface area (Å²) in [7, 11) is 1.79. The van der Waals surface area contributed by atoms with Crippen LogP contribution < -0.4 is 0 Å². The summed E-state index contributed by atoms with van der Waals surface area (Å²) in [5, 5.41) is 3.48. The van der Waals surface area contributed by atoms with Crippen molar-refractivity contribution in [2.45, 2.75) is 13.3 Å². The van der Waals surface area contributed by atoms with Crippen LogP contribution >= 0.6 is 11.6 Å². The Kier molecular flexibility index (Phi) is 2.29. The average Bonchev–Trinajstić information content (AvgIpc) is 2.30. The van der Waals surface area contributed by atoms with Crippen LogP contribution in [0.1, 0.15) is 23.0 Å². The van der Waals surface area contributed by atoms with Gasteiger partial charge in [0.2, 0.25) is 0 Å². The number of aromatic nitrogens is 2. The highest BCUT2D eigenvalue weighted by molar-refractivity contribution is 6.67. The fourth-order valence-corrected chi connectivity index (χ4v) is 1.20. The van der Waals surface area contributed by atoms with Gasteiger partial charge in [0, 0.05) is 12.7 Å². The molecule has 1 heterocycles. The van der Waals surface area contributed by atoms with E-state index in [2.05, 4.69) is 5.10 Å². The first kappa shape index (κ1) is 8.27. The van der Waals surface area contributed by atoms with E-state index >= 15 is 0 Å². The molecule has 0 N–H and O–H groups in total. The molecule has 0 aliphatic heterocycles. The summed E-state index contributed by atoms with van der Waals surface area (Å²) >= 11 is 5.31. The number of halogens is 1. The highest BCUT2D eigenvalue weighted by Gasteiger charge is 2.11. The molecule has 11 heavy (non-hydrogen) atoms. The molecular weight excluding hydrogens is 164 g/mol. The first-order valence-corrected chi connectivity index (χ1v) is 3.75. The molecule has 0 saturated carbocycles. The fraction of sp³-hybridized carbons (Fsp3) is 0.429. The number of rotatable bonds is 2. The van der Waals surface area contributed by atoms with E-state index in [0.29, 0.717) is 5.56 Å². The summed E-state index contributed by atoms with van der Waals surface area (Å²) in [5.74, 6) is 0. The molecule has 0 aliphatic rings. The Morgan fingerprint density at radius 1 is 1.82 bits per heavy atom. The maximum Gasteiger partial charge on any atom is 0.255 e. The second-order valence-electron chi connectivity index (χ2n) is 2.26. The topological polar surface area (TPSA) is 34.9 Å². The van der Waals surface area contributed by atoms with Gasteiger partial charge in [0.15, 0.2) is 0 Å². The van der Waals surface area contributed by atoms with Gasteiger partial charge in [0.05, 0.1) is 11.8 Å². The van der Waals surface area contributed by atoms with Gasteiger partial charge in [-0.2, -0.15) is 5.10 Å². The van der Waals surface area contributed by atoms with Gasteiger partial charge < -0.3 is 0 Å². The van der Waals surface area contributed by atoms with Crippen molar-refractivity contribution >= 4 is 16.8 Å². The number of carbonyl (C=O) groups is 1. The number of carbonyl (C=O) groups excluding carboxylic acids is 1. The van der Waals surface area contributed by atoms with Crippen LogP contribution in [0.3, 0.4) is 0 Å². The molecule has 1 rings (SSSR count). The van der Waals surface area contributed by atoms with Crippen molar-refractivity contribution in [3.05, 3.63) is 17.5 Å². The highest BCUT2D eigenvalue weighted by Crippen LogP contribution is 2.10. The molecule has 0 unspecified atom stereocenters. The third kappa shape index (κ3) is 1.43. The lowest BCUT2D eigenvalue weighted by atomic mass is 10.2. The molecule has 3 nitrogen and oxygen atoms in total. The molecule has 60 valence electrons. The molecular formula is C7H9ClN2O. The molecule has 0 aromatic carbocycles. The van der Waals surface area contributed by atoms with Crippen molar-refractivity contribution in [1.29, 1.82) is 0 Å². The zero-order valence-electron chi connectivity index (χ0n) is 6.47. The zero-order chi connectivity index (χ0) is 8.43. The first-order valence-electron chi connectivity index (χ1n) is 3.37. The highest BCUT2D eigenvalue weighted by atomic mass is 35.5. The number of nitrogens with zero attached hydrogens (tertiary/aromatic N) is 2. The zero-order valence-corrected chi connectivity index (χ0v) is 7.22. The lowest BCUT2D eigenvalue weighted by Gasteiger charge is -1.97. The fourth-order valence-electron chi connectivity index (χ4n) is 1.05. The van der Waals surface area contributed by atoms with E-state index in [1.165, 1.54) is 6.20 Å². The Balaban J connectivity index is 3.15. The van der Waals surface area contributed by atoms with E-state index in [-0.39, 0.29) is 0 Å². The molecule has 1 aromatic heterocycles. The van der Waals surface area contributed by atoms with Crippen molar-refractivity contribution in [2.75, 3.05) is 0 Å². The van der Waals surface area contributed by atoms with Crippen LogP contribution in [0.2, 0.25) is 0 Å². The smallest absolute Gasteiger partial charge is 0.255 e. The molecule has 1 aromatic rings. The standard InChI is InChI=1S/C7H9ClN2O/c1-3-6-5(7(8)11)4-9-10(6)2/h4H,3H2,1-2H3. The third-order valence-electron chi connectivity index (χ3n) is 1.61. The number of hydrogen-bond donors (Lipinski definition) is 0. The minimum Gasteiger partial charge on any atom is -0.275 e. The summed E-state index contributed by atoms with van der Waals surface area (Å²) < 4.78 is 1.66. The van der Waals surface area contributed by atoms with Crippen molar-refractivity contribution in [3.8, 4) is 0 Å². The molecule has 0 amide bonds. The quantitative estimate of drug-likeness (QED) is 0.632. The summed E-state index contributed by atoms with van der Waals surface area (Å²) in [5.41, 5.74) is 1.39. The Hall–Kier alpha value is -0.830. The van der Waals surface area contributed by atoms with Crippen LogP contribution in [-0.4, -0.2) is 15.0 Å². The van der Waals surface area contributed by atoms with Crippen LogP contribution in [0.4, 0.5) is 0 Å². The molecule has 0 saturated heterocycles. The Morgan fingerprint density at radius 2 is 2.45 bits per heavy atom. The molecule has 0 atom stereocenters. The number of hydrogen-bond acceptors (Lipinski definition) is 2. The van der Waals surface area contributed by atoms with E-state index < -0.39 is 5.24 Å². The second-order valence-corrected chi connectivity index (χ2v) is 2.60. The maximum atomic E-state index is 10.8. The lowest BCUT2D eigenvalue weighted by Crippen LogP contribution is -2.00. The normalized spacial score (nSPS) is 10.1. The van der Waals surface area contributed by atoms with Gasteiger partial charge in [-0.1, -0.05) is 6.92 Å². The molecule has 0 aliphatic carbocycles. The van der Waals surface area contributed by atoms with Gasteiger partial charge in [0.1, 0.15) is 0 Å². The summed E-state index contributed by atoms with van der Waals surface area (Å²) in [6, 6.07) is 0. The van der Waals surface area contributed by atoms with Crippen LogP contribution in [0.15, 0.2) is 6.20 Å². The SMILES string of the molecule is CCc1c(C(=O)Cl)cnn1C. The first-order chi connectivity index (χ1) is 5.16. The molecule has 0 spiro atoms. The van der Waals surface area contributed by atoms with Crippen LogP contribution in [0.5, 0.6) is 0 Å². The van der Waals surface area contributed by atoms with Crippen molar-refractivity contribution in [3.63, 3.8) is 0 Å². The predicted molar refractivity (Wildman–Crippen MR) is 42.8 cm³/mol. The van der Waals surface area contributed by atoms with Crippen LogP contribution in [-0.2, 0) is 13.5 Å². The Bertz CT molecular complexity index is 280. The summed E-state index contributed by atoms with van der Waals surface area (Å²) in [6.07, 6.45) is 2.26. The van der Waals surface area contributed by atoms with Crippen molar-refractivity contribution in [2.24, 2.45) is 7.05 Å². The molecule has 0 fully saturated rings. The van der Waals surface area contributed by atoms with Gasteiger partial charge in [0.25, 0.3) is 5.24 Å². The maximum absolute atomic E-state index is 10.8. The van der Waals surface area contributed by atoms with E-state index in [1.54, 1.807) is 11.7 Å². The Morgan fingerprint density at radius 3 is 2.82 bits per heavy atom. The van der Waals surface area contributed by atoms with Gasteiger partial charge in [-0.25, -0.2) is 0 Å². The third-order valence-corrected chi connectivity index (χ3v) is 1.81. The average molecular weight is 173 g/mol. The van der Waals surface area contributed by atoms with Gasteiger partial charge in [-0.05, 0) is 18.0 Å². The predicted octanol–water partition coefficient (Wildman–Crippen LogP) is 1.36. The minimum atomic E-state index is -0.435. The summed E-state index contributed by atoms with van der Waals surface area (Å²) in [4.78, 5) is 10.8. The van der Waals surface area contributed by atoms with E-state index in [9.17, 15) is 4.79 Å². The monoisotopic (exact) mass is 172 g/mol. The van der Waals surface area contributed by atoms with Crippen LogP contribution in [0.25, 0.3) is 0 Å². The van der Waals surface area contributed by atoms with Gasteiger partial charge >= 0.3 is 0 Å². The molecule has 0 bridgehead atoms.